The average molecular weight is 327 g/mol. The molecule has 6 heteroatoms. The molecule has 1 aromatic carbocycles. The number of benzene rings is 1. The summed E-state index contributed by atoms with van der Waals surface area (Å²) in [6.45, 7) is 0.525. The second-order valence-corrected chi connectivity index (χ2v) is 5.86. The number of rotatable bonds is 6. The smallest absolute Gasteiger partial charge is 0.255 e. The van der Waals surface area contributed by atoms with E-state index >= 15 is 0 Å². The van der Waals surface area contributed by atoms with Crippen LogP contribution in [-0.4, -0.2) is 29.5 Å². The van der Waals surface area contributed by atoms with Crippen LogP contribution >= 0.6 is 11.3 Å². The van der Waals surface area contributed by atoms with Crippen LogP contribution in [-0.2, 0) is 6.42 Å². The highest BCUT2D eigenvalue weighted by molar-refractivity contribution is 7.13. The Kier molecular flexibility index (Phi) is 4.73. The molecule has 0 aliphatic heterocycles. The van der Waals surface area contributed by atoms with Crippen molar-refractivity contribution < 1.29 is 9.53 Å². The molecule has 0 spiro atoms. The number of carbonyl (C=O) groups is 1. The largest absolute Gasteiger partial charge is 0.496 e. The highest BCUT2D eigenvalue weighted by atomic mass is 32.1. The summed E-state index contributed by atoms with van der Waals surface area (Å²) in [6, 6.07) is 11.2. The van der Waals surface area contributed by atoms with Gasteiger partial charge in [0.05, 0.1) is 23.9 Å². The van der Waals surface area contributed by atoms with E-state index in [0.717, 1.165) is 16.3 Å². The van der Waals surface area contributed by atoms with Crippen LogP contribution in [0.1, 0.15) is 16.1 Å². The lowest BCUT2D eigenvalue weighted by Gasteiger charge is -2.09. The van der Waals surface area contributed by atoms with Gasteiger partial charge in [0, 0.05) is 18.7 Å². The molecule has 1 amide bonds. The molecule has 23 heavy (non-hydrogen) atoms. The summed E-state index contributed by atoms with van der Waals surface area (Å²) in [6.07, 6.45) is 2.38. The molecule has 0 radical (unpaired) electrons. The predicted molar refractivity (Wildman–Crippen MR) is 90.9 cm³/mol. The molecule has 0 atom stereocenters. The lowest BCUT2D eigenvalue weighted by atomic mass is 10.1. The minimum Gasteiger partial charge on any atom is -0.496 e. The number of aromatic amines is 1. The third-order valence-corrected chi connectivity index (χ3v) is 4.36. The number of H-pyrrole nitrogens is 1. The Morgan fingerprint density at radius 3 is 2.96 bits per heavy atom. The number of imidazole rings is 1. The number of nitrogens with zero attached hydrogens (tertiary/aromatic N) is 1. The van der Waals surface area contributed by atoms with Crippen LogP contribution in [0.4, 0.5) is 0 Å². The summed E-state index contributed by atoms with van der Waals surface area (Å²) >= 11 is 1.65. The second kappa shape index (κ2) is 7.11. The van der Waals surface area contributed by atoms with Crippen LogP contribution in [0, 0.1) is 0 Å². The molecule has 2 heterocycles. The zero-order valence-electron chi connectivity index (χ0n) is 12.7. The lowest BCUT2D eigenvalue weighted by molar-refractivity contribution is 0.0951. The molecule has 5 nitrogen and oxygen atoms in total. The Labute approximate surface area is 138 Å². The van der Waals surface area contributed by atoms with Crippen molar-refractivity contribution >= 4 is 17.2 Å². The minimum atomic E-state index is -0.139. The number of nitrogens with one attached hydrogen (secondary N) is 2. The van der Waals surface area contributed by atoms with Gasteiger partial charge in [-0.05, 0) is 23.6 Å². The Morgan fingerprint density at radius 2 is 2.17 bits per heavy atom. The van der Waals surface area contributed by atoms with Gasteiger partial charge in [-0.1, -0.05) is 18.2 Å². The molecule has 0 fully saturated rings. The summed E-state index contributed by atoms with van der Waals surface area (Å²) in [5.74, 6) is 0.436. The average Bonchev–Trinajstić information content (AvgIpc) is 3.25. The summed E-state index contributed by atoms with van der Waals surface area (Å²) < 4.78 is 5.21. The third-order valence-electron chi connectivity index (χ3n) is 3.49. The van der Waals surface area contributed by atoms with Crippen molar-refractivity contribution in [2.75, 3.05) is 13.7 Å². The zero-order chi connectivity index (χ0) is 16.1. The van der Waals surface area contributed by atoms with Crippen molar-refractivity contribution in [1.82, 2.24) is 15.3 Å². The van der Waals surface area contributed by atoms with Gasteiger partial charge in [-0.15, -0.1) is 11.3 Å². The maximum absolute atomic E-state index is 12.3. The molecule has 0 bridgehead atoms. The molecule has 3 rings (SSSR count). The molecule has 0 unspecified atom stereocenters. The number of aromatic nitrogens is 2. The van der Waals surface area contributed by atoms with E-state index in [-0.39, 0.29) is 5.91 Å². The van der Waals surface area contributed by atoms with E-state index in [9.17, 15) is 4.79 Å². The fourth-order valence-electron chi connectivity index (χ4n) is 2.37. The number of ether oxygens (including phenoxy) is 1. The van der Waals surface area contributed by atoms with Gasteiger partial charge < -0.3 is 15.0 Å². The van der Waals surface area contributed by atoms with Gasteiger partial charge in [0.2, 0.25) is 0 Å². The maximum atomic E-state index is 12.3. The van der Waals surface area contributed by atoms with Crippen molar-refractivity contribution in [2.24, 2.45) is 0 Å². The van der Waals surface area contributed by atoms with Crippen LogP contribution in [0.5, 0.6) is 5.75 Å². The molecule has 0 saturated heterocycles. The van der Waals surface area contributed by atoms with Gasteiger partial charge >= 0.3 is 0 Å². The quantitative estimate of drug-likeness (QED) is 0.731. The van der Waals surface area contributed by atoms with E-state index in [1.54, 1.807) is 36.9 Å². The molecule has 118 valence electrons. The molecular weight excluding hydrogens is 310 g/mol. The third kappa shape index (κ3) is 3.43. The fourth-order valence-corrected chi connectivity index (χ4v) is 3.11. The van der Waals surface area contributed by atoms with Crippen molar-refractivity contribution in [3.8, 4) is 16.3 Å². The van der Waals surface area contributed by atoms with Gasteiger partial charge in [0.25, 0.3) is 5.91 Å². The van der Waals surface area contributed by atoms with Crippen LogP contribution in [0.3, 0.4) is 0 Å². The summed E-state index contributed by atoms with van der Waals surface area (Å²) in [5.41, 5.74) is 2.51. The topological polar surface area (TPSA) is 67.0 Å². The molecule has 3 aromatic rings. The number of methoxy groups -OCH3 is 1. The van der Waals surface area contributed by atoms with Gasteiger partial charge in [-0.3, -0.25) is 4.79 Å². The SMILES string of the molecule is COc1ccccc1C(=O)NCCc1[nH]cnc1-c1cccs1. The zero-order valence-corrected chi connectivity index (χ0v) is 13.5. The standard InChI is InChI=1S/C17H17N3O2S/c1-22-14-6-3-2-5-12(14)17(21)18-9-8-13-16(20-11-19-13)15-7-4-10-23-15/h2-7,10-11H,8-9H2,1H3,(H,18,21)(H,19,20). The van der Waals surface area contributed by atoms with Gasteiger partial charge in [0.15, 0.2) is 0 Å². The van der Waals surface area contributed by atoms with E-state index in [0.29, 0.717) is 24.3 Å². The highest BCUT2D eigenvalue weighted by Gasteiger charge is 2.12. The number of hydrogen-bond acceptors (Lipinski definition) is 4. The number of carbonyl (C=O) groups excluding carboxylic acids is 1. The molecule has 0 aliphatic carbocycles. The predicted octanol–water partition coefficient (Wildman–Crippen LogP) is 3.12. The second-order valence-electron chi connectivity index (χ2n) is 4.91. The first kappa shape index (κ1) is 15.3. The number of amides is 1. The van der Waals surface area contributed by atoms with Gasteiger partial charge in [0.1, 0.15) is 11.4 Å². The minimum absolute atomic E-state index is 0.139. The number of hydrogen-bond donors (Lipinski definition) is 2. The Hall–Kier alpha value is -2.60. The normalized spacial score (nSPS) is 10.5. The Morgan fingerprint density at radius 1 is 1.30 bits per heavy atom. The molecule has 2 N–H and O–H groups in total. The van der Waals surface area contributed by atoms with E-state index < -0.39 is 0 Å². The summed E-state index contributed by atoms with van der Waals surface area (Å²) in [4.78, 5) is 20.9. The highest BCUT2D eigenvalue weighted by Crippen LogP contribution is 2.25. The molecule has 2 aromatic heterocycles. The first-order chi connectivity index (χ1) is 11.3. The van der Waals surface area contributed by atoms with Crippen LogP contribution in [0.25, 0.3) is 10.6 Å². The van der Waals surface area contributed by atoms with Crippen molar-refractivity contribution in [3.63, 3.8) is 0 Å². The first-order valence-corrected chi connectivity index (χ1v) is 8.15. The van der Waals surface area contributed by atoms with E-state index in [1.165, 1.54) is 0 Å². The number of thiophene rings is 1. The Balaban J connectivity index is 1.62. The monoisotopic (exact) mass is 327 g/mol. The van der Waals surface area contributed by atoms with Crippen molar-refractivity contribution in [2.45, 2.75) is 6.42 Å². The van der Waals surface area contributed by atoms with Crippen molar-refractivity contribution in [3.05, 3.63) is 59.4 Å². The van der Waals surface area contributed by atoms with Gasteiger partial charge in [-0.25, -0.2) is 4.98 Å². The summed E-state index contributed by atoms with van der Waals surface area (Å²) in [5, 5.41) is 4.95. The molecule has 0 aliphatic rings. The molecule has 0 saturated carbocycles. The summed E-state index contributed by atoms with van der Waals surface area (Å²) in [7, 11) is 1.56. The van der Waals surface area contributed by atoms with E-state index in [1.807, 2.05) is 29.6 Å². The fraction of sp³-hybridized carbons (Fsp3) is 0.176. The van der Waals surface area contributed by atoms with Crippen LogP contribution in [0.15, 0.2) is 48.1 Å². The van der Waals surface area contributed by atoms with Crippen LogP contribution < -0.4 is 10.1 Å². The van der Waals surface area contributed by atoms with Crippen LogP contribution in [0.2, 0.25) is 0 Å². The van der Waals surface area contributed by atoms with E-state index in [2.05, 4.69) is 15.3 Å². The lowest BCUT2D eigenvalue weighted by Crippen LogP contribution is -2.26. The van der Waals surface area contributed by atoms with Gasteiger partial charge in [-0.2, -0.15) is 0 Å². The molecular formula is C17H17N3O2S. The maximum Gasteiger partial charge on any atom is 0.255 e. The first-order valence-electron chi connectivity index (χ1n) is 7.27. The van der Waals surface area contributed by atoms with E-state index in [4.69, 9.17) is 4.74 Å². The Bertz CT molecular complexity index is 781. The number of para-hydroxylation sites is 1. The van der Waals surface area contributed by atoms with Crippen molar-refractivity contribution in [1.29, 1.82) is 0 Å².